The van der Waals surface area contributed by atoms with Gasteiger partial charge in [0.1, 0.15) is 11.8 Å². The van der Waals surface area contributed by atoms with Crippen molar-refractivity contribution in [3.63, 3.8) is 0 Å². The fraction of sp³-hybridized carbons (Fsp3) is 0.0714. The summed E-state index contributed by atoms with van der Waals surface area (Å²) in [5.74, 6) is 0.716. The molecule has 18 heavy (non-hydrogen) atoms. The van der Waals surface area contributed by atoms with E-state index >= 15 is 0 Å². The third kappa shape index (κ3) is 2.82. The van der Waals surface area contributed by atoms with Crippen molar-refractivity contribution in [2.45, 2.75) is 0 Å². The molecule has 2 rings (SSSR count). The molecule has 0 aliphatic rings. The van der Waals surface area contributed by atoms with Crippen LogP contribution in [0.4, 0.5) is 11.4 Å². The van der Waals surface area contributed by atoms with Gasteiger partial charge in [0.25, 0.3) is 0 Å². The number of methoxy groups -OCH3 is 1. The Morgan fingerprint density at radius 1 is 1.17 bits per heavy atom. The molecule has 0 aliphatic carbocycles. The smallest absolute Gasteiger partial charge is 0.121 e. The van der Waals surface area contributed by atoms with Gasteiger partial charge in [-0.05, 0) is 36.4 Å². The van der Waals surface area contributed by atoms with Gasteiger partial charge in [-0.25, -0.2) is 0 Å². The first-order valence-electron chi connectivity index (χ1n) is 5.33. The van der Waals surface area contributed by atoms with E-state index in [1.165, 1.54) is 0 Å². The van der Waals surface area contributed by atoms with Gasteiger partial charge in [-0.3, -0.25) is 0 Å². The molecule has 0 fully saturated rings. The minimum Gasteiger partial charge on any atom is -0.497 e. The minimum atomic E-state index is 0.582. The van der Waals surface area contributed by atoms with E-state index in [4.69, 9.17) is 10.00 Å². The Morgan fingerprint density at radius 2 is 1.89 bits per heavy atom. The Balaban J connectivity index is 2.32. The van der Waals surface area contributed by atoms with Gasteiger partial charge in [0.05, 0.1) is 18.4 Å². The number of hydrogen-bond acceptors (Lipinski definition) is 3. The molecule has 0 saturated carbocycles. The number of ether oxygens (including phenoxy) is 1. The molecule has 2 aromatic carbocycles. The quantitative estimate of drug-likeness (QED) is 0.929. The Bertz CT molecular complexity index is 588. The van der Waals surface area contributed by atoms with E-state index in [1.54, 1.807) is 25.3 Å². The van der Waals surface area contributed by atoms with Crippen molar-refractivity contribution in [2.75, 3.05) is 12.4 Å². The average molecular weight is 303 g/mol. The highest BCUT2D eigenvalue weighted by molar-refractivity contribution is 9.10. The van der Waals surface area contributed by atoms with E-state index in [2.05, 4.69) is 27.3 Å². The summed E-state index contributed by atoms with van der Waals surface area (Å²) in [5.41, 5.74) is 2.24. The van der Waals surface area contributed by atoms with Crippen LogP contribution in [0.15, 0.2) is 46.9 Å². The first-order chi connectivity index (χ1) is 8.72. The van der Waals surface area contributed by atoms with Crippen molar-refractivity contribution < 1.29 is 4.74 Å². The molecule has 0 aliphatic heterocycles. The van der Waals surface area contributed by atoms with Crippen LogP contribution in [0.3, 0.4) is 0 Å². The van der Waals surface area contributed by atoms with Gasteiger partial charge in [-0.15, -0.1) is 0 Å². The van der Waals surface area contributed by atoms with Gasteiger partial charge in [-0.1, -0.05) is 15.9 Å². The summed E-state index contributed by atoms with van der Waals surface area (Å²) in [6.45, 7) is 0. The number of halogens is 1. The minimum absolute atomic E-state index is 0.582. The molecule has 3 nitrogen and oxygen atoms in total. The SMILES string of the molecule is COc1ccc(C#N)c(Nc2ccc(Br)cc2)c1. The van der Waals surface area contributed by atoms with Crippen LogP contribution in [0.1, 0.15) is 5.56 Å². The highest BCUT2D eigenvalue weighted by Crippen LogP contribution is 2.26. The van der Waals surface area contributed by atoms with Crippen molar-refractivity contribution in [3.8, 4) is 11.8 Å². The molecule has 0 atom stereocenters. The predicted molar refractivity (Wildman–Crippen MR) is 75.1 cm³/mol. The van der Waals surface area contributed by atoms with Crippen LogP contribution in [0, 0.1) is 11.3 Å². The maximum absolute atomic E-state index is 9.07. The van der Waals surface area contributed by atoms with E-state index in [0.29, 0.717) is 11.3 Å². The van der Waals surface area contributed by atoms with Crippen molar-refractivity contribution in [1.82, 2.24) is 0 Å². The Hall–Kier alpha value is -1.99. The number of nitrogens with zero attached hydrogens (tertiary/aromatic N) is 1. The number of nitrogens with one attached hydrogen (secondary N) is 1. The Morgan fingerprint density at radius 3 is 2.50 bits per heavy atom. The van der Waals surface area contributed by atoms with Gasteiger partial charge in [0.2, 0.25) is 0 Å². The summed E-state index contributed by atoms with van der Waals surface area (Å²) >= 11 is 3.38. The number of hydrogen-bond donors (Lipinski definition) is 1. The second kappa shape index (κ2) is 5.56. The van der Waals surface area contributed by atoms with Crippen molar-refractivity contribution >= 4 is 27.3 Å². The summed E-state index contributed by atoms with van der Waals surface area (Å²) in [7, 11) is 1.60. The van der Waals surface area contributed by atoms with Gasteiger partial charge < -0.3 is 10.1 Å². The first-order valence-corrected chi connectivity index (χ1v) is 6.13. The topological polar surface area (TPSA) is 45.0 Å². The molecule has 0 radical (unpaired) electrons. The van der Waals surface area contributed by atoms with Crippen molar-refractivity contribution in [3.05, 3.63) is 52.5 Å². The zero-order chi connectivity index (χ0) is 13.0. The maximum Gasteiger partial charge on any atom is 0.121 e. The lowest BCUT2D eigenvalue weighted by Crippen LogP contribution is -1.94. The lowest BCUT2D eigenvalue weighted by molar-refractivity contribution is 0.415. The number of rotatable bonds is 3. The Kier molecular flexibility index (Phi) is 3.85. The molecule has 90 valence electrons. The third-order valence-electron chi connectivity index (χ3n) is 2.47. The molecule has 2 aromatic rings. The second-order valence-corrected chi connectivity index (χ2v) is 4.57. The van der Waals surface area contributed by atoms with Gasteiger partial charge in [-0.2, -0.15) is 5.26 Å². The largest absolute Gasteiger partial charge is 0.497 e. The molecule has 0 aromatic heterocycles. The summed E-state index contributed by atoms with van der Waals surface area (Å²) in [6, 6.07) is 15.2. The highest BCUT2D eigenvalue weighted by Gasteiger charge is 2.04. The molecule has 0 spiro atoms. The van der Waals surface area contributed by atoms with E-state index in [9.17, 15) is 0 Å². The molecule has 4 heteroatoms. The molecule has 0 saturated heterocycles. The monoisotopic (exact) mass is 302 g/mol. The fourth-order valence-corrected chi connectivity index (χ4v) is 1.80. The van der Waals surface area contributed by atoms with Crippen LogP contribution in [0.2, 0.25) is 0 Å². The van der Waals surface area contributed by atoms with Crippen LogP contribution in [0.5, 0.6) is 5.75 Å². The first kappa shape index (κ1) is 12.5. The zero-order valence-electron chi connectivity index (χ0n) is 9.77. The molecular formula is C14H11BrN2O. The summed E-state index contributed by atoms with van der Waals surface area (Å²) in [6.07, 6.45) is 0. The predicted octanol–water partition coefficient (Wildman–Crippen LogP) is 4.07. The van der Waals surface area contributed by atoms with E-state index in [-0.39, 0.29) is 0 Å². The molecule has 0 bridgehead atoms. The zero-order valence-corrected chi connectivity index (χ0v) is 11.4. The maximum atomic E-state index is 9.07. The van der Waals surface area contributed by atoms with E-state index in [0.717, 1.165) is 15.8 Å². The Labute approximate surface area is 114 Å². The molecular weight excluding hydrogens is 292 g/mol. The van der Waals surface area contributed by atoms with Gasteiger partial charge >= 0.3 is 0 Å². The van der Waals surface area contributed by atoms with E-state index < -0.39 is 0 Å². The lowest BCUT2D eigenvalue weighted by atomic mass is 10.1. The van der Waals surface area contributed by atoms with E-state index in [1.807, 2.05) is 24.3 Å². The lowest BCUT2D eigenvalue weighted by Gasteiger charge is -2.10. The normalized spacial score (nSPS) is 9.61. The number of anilines is 2. The fourth-order valence-electron chi connectivity index (χ4n) is 1.54. The van der Waals surface area contributed by atoms with Crippen LogP contribution in [-0.4, -0.2) is 7.11 Å². The average Bonchev–Trinajstić information content (AvgIpc) is 2.41. The van der Waals surface area contributed by atoms with Crippen LogP contribution < -0.4 is 10.1 Å². The standard InChI is InChI=1S/C14H11BrN2O/c1-18-13-7-2-10(9-16)14(8-13)17-12-5-3-11(15)4-6-12/h2-8,17H,1H3. The molecule has 0 unspecified atom stereocenters. The number of benzene rings is 2. The number of nitriles is 1. The van der Waals surface area contributed by atoms with Crippen molar-refractivity contribution in [1.29, 1.82) is 5.26 Å². The summed E-state index contributed by atoms with van der Waals surface area (Å²) < 4.78 is 6.17. The van der Waals surface area contributed by atoms with Crippen LogP contribution in [-0.2, 0) is 0 Å². The summed E-state index contributed by atoms with van der Waals surface area (Å²) in [4.78, 5) is 0. The highest BCUT2D eigenvalue weighted by atomic mass is 79.9. The van der Waals surface area contributed by atoms with Gasteiger partial charge in [0, 0.05) is 16.2 Å². The van der Waals surface area contributed by atoms with Crippen LogP contribution >= 0.6 is 15.9 Å². The van der Waals surface area contributed by atoms with Gasteiger partial charge in [0.15, 0.2) is 0 Å². The molecule has 1 N–H and O–H groups in total. The van der Waals surface area contributed by atoms with Crippen molar-refractivity contribution in [2.24, 2.45) is 0 Å². The molecule has 0 heterocycles. The molecule has 0 amide bonds. The summed E-state index contributed by atoms with van der Waals surface area (Å²) in [5, 5.41) is 12.3. The second-order valence-electron chi connectivity index (χ2n) is 3.66. The third-order valence-corrected chi connectivity index (χ3v) is 3.00. The van der Waals surface area contributed by atoms with Crippen LogP contribution in [0.25, 0.3) is 0 Å².